The summed E-state index contributed by atoms with van der Waals surface area (Å²) in [7, 11) is 0. The molecule has 1 rings (SSSR count). The van der Waals surface area contributed by atoms with Crippen molar-refractivity contribution < 1.29 is 4.79 Å². The van der Waals surface area contributed by atoms with Gasteiger partial charge < -0.3 is 0 Å². The van der Waals surface area contributed by atoms with E-state index in [1.807, 2.05) is 0 Å². The van der Waals surface area contributed by atoms with Crippen LogP contribution < -0.4 is 0 Å². The number of carbonyl (C=O) groups excluding carboxylic acids is 1. The first kappa shape index (κ1) is 12.4. The summed E-state index contributed by atoms with van der Waals surface area (Å²) in [6, 6.07) is 0. The van der Waals surface area contributed by atoms with Crippen LogP contribution in [0.3, 0.4) is 0 Å². The number of nitrogens with zero attached hydrogens (tertiary/aromatic N) is 1. The summed E-state index contributed by atoms with van der Waals surface area (Å²) in [5.41, 5.74) is 1.79. The standard InChI is InChI=1S/C12H19NOS/c1-3-5-10(6-4-2)12(14)7-11-8-13-9-15-11/h8-10H,3-7H2,1-2H3. The number of aromatic nitrogens is 1. The van der Waals surface area contributed by atoms with Crippen LogP contribution >= 0.6 is 11.3 Å². The first-order chi connectivity index (χ1) is 7.27. The van der Waals surface area contributed by atoms with Crippen molar-refractivity contribution in [2.24, 2.45) is 5.92 Å². The molecule has 0 amide bonds. The van der Waals surface area contributed by atoms with Crippen molar-refractivity contribution in [2.75, 3.05) is 0 Å². The number of carbonyl (C=O) groups is 1. The predicted octanol–water partition coefficient (Wildman–Crippen LogP) is 3.47. The topological polar surface area (TPSA) is 30.0 Å². The Bertz CT molecular complexity index is 276. The van der Waals surface area contributed by atoms with E-state index in [2.05, 4.69) is 18.8 Å². The van der Waals surface area contributed by atoms with E-state index >= 15 is 0 Å². The zero-order chi connectivity index (χ0) is 11.1. The average Bonchev–Trinajstić information content (AvgIpc) is 2.70. The summed E-state index contributed by atoms with van der Waals surface area (Å²) >= 11 is 1.57. The van der Waals surface area contributed by atoms with Gasteiger partial charge in [-0.05, 0) is 12.8 Å². The number of ketones is 1. The molecule has 15 heavy (non-hydrogen) atoms. The molecule has 0 spiro atoms. The normalized spacial score (nSPS) is 10.9. The molecule has 2 nitrogen and oxygen atoms in total. The molecule has 0 aliphatic carbocycles. The highest BCUT2D eigenvalue weighted by Gasteiger charge is 2.17. The minimum absolute atomic E-state index is 0.266. The van der Waals surface area contributed by atoms with E-state index in [4.69, 9.17) is 0 Å². The molecule has 1 aromatic rings. The van der Waals surface area contributed by atoms with Crippen LogP contribution in [-0.4, -0.2) is 10.8 Å². The minimum Gasteiger partial charge on any atom is -0.299 e. The largest absolute Gasteiger partial charge is 0.299 e. The fourth-order valence-corrected chi connectivity index (χ4v) is 2.41. The van der Waals surface area contributed by atoms with Crippen molar-refractivity contribution in [1.82, 2.24) is 4.98 Å². The Morgan fingerprint density at radius 3 is 2.53 bits per heavy atom. The lowest BCUT2D eigenvalue weighted by Crippen LogP contribution is -2.16. The fourth-order valence-electron chi connectivity index (χ4n) is 1.81. The van der Waals surface area contributed by atoms with Gasteiger partial charge in [0.25, 0.3) is 0 Å². The average molecular weight is 225 g/mol. The molecule has 0 N–H and O–H groups in total. The van der Waals surface area contributed by atoms with Crippen molar-refractivity contribution in [1.29, 1.82) is 0 Å². The van der Waals surface area contributed by atoms with Crippen molar-refractivity contribution >= 4 is 17.1 Å². The first-order valence-corrected chi connectivity index (χ1v) is 6.56. The van der Waals surface area contributed by atoms with Crippen LogP contribution in [0.5, 0.6) is 0 Å². The summed E-state index contributed by atoms with van der Waals surface area (Å²) in [5.74, 6) is 0.657. The summed E-state index contributed by atoms with van der Waals surface area (Å²) in [6.07, 6.45) is 6.64. The summed E-state index contributed by atoms with van der Waals surface area (Å²) in [6.45, 7) is 4.28. The van der Waals surface area contributed by atoms with Gasteiger partial charge >= 0.3 is 0 Å². The van der Waals surface area contributed by atoms with Crippen LogP contribution in [0.2, 0.25) is 0 Å². The van der Waals surface area contributed by atoms with Crippen molar-refractivity contribution in [2.45, 2.75) is 46.0 Å². The molecule has 0 saturated heterocycles. The molecule has 0 bridgehead atoms. The number of Topliss-reactive ketones (excluding diaryl/α,β-unsaturated/α-hetero) is 1. The number of thiazole rings is 1. The molecule has 0 atom stereocenters. The summed E-state index contributed by atoms with van der Waals surface area (Å²) < 4.78 is 0. The Kier molecular flexibility index (Phi) is 5.54. The monoisotopic (exact) mass is 225 g/mol. The van der Waals surface area contributed by atoms with Crippen LogP contribution in [0.4, 0.5) is 0 Å². The number of hydrogen-bond acceptors (Lipinski definition) is 3. The minimum atomic E-state index is 0.266. The third-order valence-corrected chi connectivity index (χ3v) is 3.34. The van der Waals surface area contributed by atoms with Gasteiger partial charge in [0.05, 0.1) is 5.51 Å². The molecule has 0 aromatic carbocycles. The molecule has 1 aromatic heterocycles. The molecule has 0 radical (unpaired) electrons. The zero-order valence-corrected chi connectivity index (χ0v) is 10.3. The van der Waals surface area contributed by atoms with E-state index in [1.54, 1.807) is 23.0 Å². The van der Waals surface area contributed by atoms with Gasteiger partial charge in [-0.3, -0.25) is 9.78 Å². The van der Waals surface area contributed by atoms with Crippen molar-refractivity contribution in [3.05, 3.63) is 16.6 Å². The van der Waals surface area contributed by atoms with Crippen molar-refractivity contribution in [3.8, 4) is 0 Å². The first-order valence-electron chi connectivity index (χ1n) is 5.68. The van der Waals surface area contributed by atoms with Gasteiger partial charge in [0.15, 0.2) is 0 Å². The van der Waals surface area contributed by atoms with E-state index in [1.165, 1.54) is 0 Å². The quantitative estimate of drug-likeness (QED) is 0.711. The molecule has 0 aliphatic rings. The predicted molar refractivity (Wildman–Crippen MR) is 64.1 cm³/mol. The lowest BCUT2D eigenvalue weighted by molar-refractivity contribution is -0.122. The molecule has 0 unspecified atom stereocenters. The third kappa shape index (κ3) is 4.12. The summed E-state index contributed by atoms with van der Waals surface area (Å²) in [5, 5.41) is 0. The maximum Gasteiger partial charge on any atom is 0.141 e. The highest BCUT2D eigenvalue weighted by atomic mass is 32.1. The maximum absolute atomic E-state index is 12.0. The Morgan fingerprint density at radius 1 is 1.40 bits per heavy atom. The second kappa shape index (κ2) is 6.72. The highest BCUT2D eigenvalue weighted by molar-refractivity contribution is 7.09. The van der Waals surface area contributed by atoms with Gasteiger partial charge in [-0.25, -0.2) is 0 Å². The highest BCUT2D eigenvalue weighted by Crippen LogP contribution is 2.18. The second-order valence-corrected chi connectivity index (χ2v) is 4.86. The van der Waals surface area contributed by atoms with Gasteiger partial charge in [0.1, 0.15) is 5.78 Å². The molecule has 1 heterocycles. The second-order valence-electron chi connectivity index (χ2n) is 3.89. The molecule has 0 saturated carbocycles. The van der Waals surface area contributed by atoms with Gasteiger partial charge in [0, 0.05) is 23.4 Å². The molecule has 3 heteroatoms. The smallest absolute Gasteiger partial charge is 0.141 e. The Hall–Kier alpha value is -0.700. The van der Waals surface area contributed by atoms with Gasteiger partial charge in [0.2, 0.25) is 0 Å². The van der Waals surface area contributed by atoms with E-state index in [-0.39, 0.29) is 5.92 Å². The van der Waals surface area contributed by atoms with Gasteiger partial charge in [-0.1, -0.05) is 26.7 Å². The molecular formula is C12H19NOS. The van der Waals surface area contributed by atoms with Crippen LogP contribution in [0, 0.1) is 5.92 Å². The van der Waals surface area contributed by atoms with Gasteiger partial charge in [-0.15, -0.1) is 11.3 Å². The fraction of sp³-hybridized carbons (Fsp3) is 0.667. The van der Waals surface area contributed by atoms with E-state index < -0.39 is 0 Å². The Morgan fingerprint density at radius 2 is 2.07 bits per heavy atom. The Labute approximate surface area is 95.7 Å². The third-order valence-electron chi connectivity index (χ3n) is 2.56. The Balaban J connectivity index is 2.48. The number of hydrogen-bond donors (Lipinski definition) is 0. The molecule has 0 fully saturated rings. The molecule has 0 aliphatic heterocycles. The van der Waals surface area contributed by atoms with E-state index in [9.17, 15) is 4.79 Å². The lowest BCUT2D eigenvalue weighted by atomic mass is 9.92. The van der Waals surface area contributed by atoms with Crippen LogP contribution in [-0.2, 0) is 11.2 Å². The lowest BCUT2D eigenvalue weighted by Gasteiger charge is -2.12. The molecule has 84 valence electrons. The SMILES string of the molecule is CCCC(CCC)C(=O)Cc1cncs1. The van der Waals surface area contributed by atoms with Gasteiger partial charge in [-0.2, -0.15) is 0 Å². The molecular weight excluding hydrogens is 206 g/mol. The van der Waals surface area contributed by atoms with Crippen LogP contribution in [0.25, 0.3) is 0 Å². The number of rotatable bonds is 7. The summed E-state index contributed by atoms with van der Waals surface area (Å²) in [4.78, 5) is 17.1. The van der Waals surface area contributed by atoms with E-state index in [0.29, 0.717) is 12.2 Å². The maximum atomic E-state index is 12.0. The van der Waals surface area contributed by atoms with Crippen LogP contribution in [0.15, 0.2) is 11.7 Å². The van der Waals surface area contributed by atoms with E-state index in [0.717, 1.165) is 30.6 Å². The zero-order valence-electron chi connectivity index (χ0n) is 9.53. The van der Waals surface area contributed by atoms with Crippen molar-refractivity contribution in [3.63, 3.8) is 0 Å². The van der Waals surface area contributed by atoms with Crippen LogP contribution in [0.1, 0.15) is 44.4 Å².